The Morgan fingerprint density at radius 3 is 2.71 bits per heavy atom. The molecule has 0 saturated heterocycles. The second-order valence-electron chi connectivity index (χ2n) is 5.67. The lowest BCUT2D eigenvalue weighted by atomic mass is 10.1. The molecule has 0 aliphatic rings. The van der Waals surface area contributed by atoms with Crippen LogP contribution in [-0.4, -0.2) is 31.9 Å². The van der Waals surface area contributed by atoms with Crippen LogP contribution >= 0.6 is 22.9 Å². The first kappa shape index (κ1) is 18.3. The van der Waals surface area contributed by atoms with Crippen molar-refractivity contribution in [2.75, 3.05) is 6.61 Å². The van der Waals surface area contributed by atoms with Crippen LogP contribution in [0.4, 0.5) is 0 Å². The summed E-state index contributed by atoms with van der Waals surface area (Å²) in [5, 5.41) is 0.0986. The number of fused-ring (bicyclic) bond motifs is 1. The number of rotatable bonds is 4. The minimum absolute atomic E-state index is 0.0986. The molecule has 0 saturated carbocycles. The molecule has 0 unspecified atom stereocenters. The van der Waals surface area contributed by atoms with Crippen molar-refractivity contribution in [2.24, 2.45) is 0 Å². The predicted molar refractivity (Wildman–Crippen MR) is 107 cm³/mol. The maximum absolute atomic E-state index is 13.1. The standard InChI is InChI=1S/C19H13ClN4O3S/c1-2-27-17(26)12-10-22-19-24(16(12)25)14(11-6-4-3-5-7-11)15(28-19)13-8-9-21-18(20)23-13/h3-10H,2H2,1H3. The molecule has 7 nitrogen and oxygen atoms in total. The fourth-order valence-corrected chi connectivity index (χ4v) is 4.02. The van der Waals surface area contributed by atoms with Gasteiger partial charge in [0, 0.05) is 11.8 Å². The zero-order valence-electron chi connectivity index (χ0n) is 14.6. The molecule has 4 rings (SSSR count). The number of halogens is 1. The summed E-state index contributed by atoms with van der Waals surface area (Å²) in [5.41, 5.74) is 1.31. The van der Waals surface area contributed by atoms with Gasteiger partial charge < -0.3 is 4.74 Å². The number of hydrogen-bond acceptors (Lipinski definition) is 7. The number of ether oxygens (including phenoxy) is 1. The molecule has 3 aromatic heterocycles. The van der Waals surface area contributed by atoms with Gasteiger partial charge in [0.05, 0.1) is 29.1 Å². The van der Waals surface area contributed by atoms with Crippen molar-refractivity contribution in [1.29, 1.82) is 0 Å². The van der Waals surface area contributed by atoms with E-state index in [4.69, 9.17) is 16.3 Å². The van der Waals surface area contributed by atoms with E-state index in [1.807, 2.05) is 30.3 Å². The Bertz CT molecular complexity index is 1240. The predicted octanol–water partition coefficient (Wildman–Crippen LogP) is 3.71. The molecule has 3 heterocycles. The van der Waals surface area contributed by atoms with Crippen LogP contribution in [0, 0.1) is 0 Å². The molecule has 0 bridgehead atoms. The summed E-state index contributed by atoms with van der Waals surface area (Å²) in [5.74, 6) is -0.703. The van der Waals surface area contributed by atoms with Gasteiger partial charge in [0.2, 0.25) is 5.28 Å². The quantitative estimate of drug-likeness (QED) is 0.375. The Morgan fingerprint density at radius 2 is 2.00 bits per heavy atom. The Kier molecular flexibility index (Phi) is 4.89. The van der Waals surface area contributed by atoms with Gasteiger partial charge >= 0.3 is 5.97 Å². The van der Waals surface area contributed by atoms with Gasteiger partial charge in [0.15, 0.2) is 4.96 Å². The zero-order valence-corrected chi connectivity index (χ0v) is 16.2. The summed E-state index contributed by atoms with van der Waals surface area (Å²) in [4.78, 5) is 38.9. The molecule has 0 fully saturated rings. The van der Waals surface area contributed by atoms with E-state index in [-0.39, 0.29) is 17.5 Å². The van der Waals surface area contributed by atoms with Crippen LogP contribution in [0.5, 0.6) is 0 Å². The van der Waals surface area contributed by atoms with Crippen molar-refractivity contribution in [2.45, 2.75) is 6.92 Å². The molecule has 0 radical (unpaired) electrons. The van der Waals surface area contributed by atoms with E-state index in [9.17, 15) is 9.59 Å². The average Bonchev–Trinajstić information content (AvgIpc) is 3.09. The molecule has 0 aliphatic carbocycles. The van der Waals surface area contributed by atoms with Gasteiger partial charge in [-0.1, -0.05) is 41.7 Å². The van der Waals surface area contributed by atoms with Crippen LogP contribution in [0.25, 0.3) is 26.8 Å². The van der Waals surface area contributed by atoms with Gasteiger partial charge in [-0.3, -0.25) is 4.79 Å². The molecule has 0 aliphatic heterocycles. The number of thiazole rings is 1. The third kappa shape index (κ3) is 3.17. The molecule has 0 spiro atoms. The SMILES string of the molecule is CCOC(=O)c1cnc2sc(-c3ccnc(Cl)n3)c(-c3ccccc3)n2c1=O. The summed E-state index contributed by atoms with van der Waals surface area (Å²) < 4.78 is 6.40. The first-order valence-electron chi connectivity index (χ1n) is 8.36. The van der Waals surface area contributed by atoms with Gasteiger partial charge in [0.1, 0.15) is 5.56 Å². The summed E-state index contributed by atoms with van der Waals surface area (Å²) in [6, 6.07) is 11.1. The first-order valence-corrected chi connectivity index (χ1v) is 9.55. The second-order valence-corrected chi connectivity index (χ2v) is 6.99. The third-order valence-electron chi connectivity index (χ3n) is 3.96. The molecule has 0 amide bonds. The van der Waals surface area contributed by atoms with Gasteiger partial charge in [-0.25, -0.2) is 24.1 Å². The Labute approximate surface area is 168 Å². The van der Waals surface area contributed by atoms with Crippen LogP contribution in [0.2, 0.25) is 5.28 Å². The van der Waals surface area contributed by atoms with Gasteiger partial charge in [-0.05, 0) is 24.6 Å². The monoisotopic (exact) mass is 412 g/mol. The maximum atomic E-state index is 13.1. The number of carbonyl (C=O) groups excluding carboxylic acids is 1. The summed E-state index contributed by atoms with van der Waals surface area (Å²) in [7, 11) is 0. The van der Waals surface area contributed by atoms with E-state index in [0.717, 1.165) is 5.56 Å². The fraction of sp³-hybridized carbons (Fsp3) is 0.105. The topological polar surface area (TPSA) is 86.4 Å². The van der Waals surface area contributed by atoms with E-state index in [0.29, 0.717) is 21.2 Å². The fourth-order valence-electron chi connectivity index (χ4n) is 2.79. The van der Waals surface area contributed by atoms with E-state index >= 15 is 0 Å². The highest BCUT2D eigenvalue weighted by Gasteiger charge is 2.22. The van der Waals surface area contributed by atoms with Crippen molar-refractivity contribution < 1.29 is 9.53 Å². The zero-order chi connectivity index (χ0) is 19.7. The van der Waals surface area contributed by atoms with Gasteiger partial charge in [-0.15, -0.1) is 0 Å². The third-order valence-corrected chi connectivity index (χ3v) is 5.22. The van der Waals surface area contributed by atoms with E-state index in [2.05, 4.69) is 15.0 Å². The van der Waals surface area contributed by atoms with Crippen LogP contribution in [0.3, 0.4) is 0 Å². The number of carbonyl (C=O) groups is 1. The number of aromatic nitrogens is 4. The minimum atomic E-state index is -0.703. The lowest BCUT2D eigenvalue weighted by Gasteiger charge is -2.06. The molecule has 140 valence electrons. The normalized spacial score (nSPS) is 10.9. The summed E-state index contributed by atoms with van der Waals surface area (Å²) >= 11 is 7.24. The largest absolute Gasteiger partial charge is 0.462 e. The van der Waals surface area contributed by atoms with Crippen LogP contribution in [0.1, 0.15) is 17.3 Å². The number of benzene rings is 1. The first-order chi connectivity index (χ1) is 13.6. The van der Waals surface area contributed by atoms with E-state index in [1.54, 1.807) is 19.2 Å². The number of esters is 1. The molecule has 1 aromatic carbocycles. The highest BCUT2D eigenvalue weighted by atomic mass is 35.5. The van der Waals surface area contributed by atoms with Gasteiger partial charge in [-0.2, -0.15) is 0 Å². The Balaban J connectivity index is 2.07. The van der Waals surface area contributed by atoms with Crippen molar-refractivity contribution in [3.05, 3.63) is 70.0 Å². The van der Waals surface area contributed by atoms with Crippen molar-refractivity contribution in [3.8, 4) is 21.8 Å². The van der Waals surface area contributed by atoms with E-state index in [1.165, 1.54) is 21.9 Å². The minimum Gasteiger partial charge on any atom is -0.462 e. The molecular weight excluding hydrogens is 400 g/mol. The molecule has 0 atom stereocenters. The second kappa shape index (κ2) is 7.49. The van der Waals surface area contributed by atoms with Crippen LogP contribution in [-0.2, 0) is 4.74 Å². The van der Waals surface area contributed by atoms with Gasteiger partial charge in [0.25, 0.3) is 5.56 Å². The lowest BCUT2D eigenvalue weighted by Crippen LogP contribution is -2.24. The maximum Gasteiger partial charge on any atom is 0.345 e. The Morgan fingerprint density at radius 1 is 1.21 bits per heavy atom. The molecule has 28 heavy (non-hydrogen) atoms. The lowest BCUT2D eigenvalue weighted by molar-refractivity contribution is 0.0523. The molecule has 0 N–H and O–H groups in total. The van der Waals surface area contributed by atoms with Crippen molar-refractivity contribution >= 4 is 33.9 Å². The summed E-state index contributed by atoms with van der Waals surface area (Å²) in [6.45, 7) is 1.85. The summed E-state index contributed by atoms with van der Waals surface area (Å²) in [6.07, 6.45) is 2.79. The van der Waals surface area contributed by atoms with Crippen LogP contribution in [0.15, 0.2) is 53.6 Å². The molecule has 4 aromatic rings. The molecule has 9 heteroatoms. The molecular formula is C19H13ClN4O3S. The van der Waals surface area contributed by atoms with Crippen molar-refractivity contribution in [3.63, 3.8) is 0 Å². The van der Waals surface area contributed by atoms with Crippen LogP contribution < -0.4 is 5.56 Å². The highest BCUT2D eigenvalue weighted by molar-refractivity contribution is 7.20. The highest BCUT2D eigenvalue weighted by Crippen LogP contribution is 2.37. The van der Waals surface area contributed by atoms with E-state index < -0.39 is 11.5 Å². The number of nitrogens with zero attached hydrogens (tertiary/aromatic N) is 4. The Hall–Kier alpha value is -3.10. The number of hydrogen-bond donors (Lipinski definition) is 0. The average molecular weight is 413 g/mol. The smallest absolute Gasteiger partial charge is 0.345 e. The van der Waals surface area contributed by atoms with Crippen molar-refractivity contribution in [1.82, 2.24) is 19.4 Å².